The van der Waals surface area contributed by atoms with E-state index >= 15 is 0 Å². The summed E-state index contributed by atoms with van der Waals surface area (Å²) in [6, 6.07) is 6.29. The Morgan fingerprint density at radius 2 is 0.750 bits per heavy atom. The molecule has 0 spiro atoms. The van der Waals surface area contributed by atoms with Gasteiger partial charge in [0.15, 0.2) is 0 Å². The van der Waals surface area contributed by atoms with E-state index in [2.05, 4.69) is 0 Å². The van der Waals surface area contributed by atoms with Crippen molar-refractivity contribution in [2.75, 3.05) is 13.1 Å². The summed E-state index contributed by atoms with van der Waals surface area (Å²) in [5.41, 5.74) is 1.44. The first-order valence-corrected chi connectivity index (χ1v) is 9.83. The van der Waals surface area contributed by atoms with Gasteiger partial charge in [0.1, 0.15) is 0 Å². The fraction of sp³-hybridized carbons (Fsp3) is 0.364. The van der Waals surface area contributed by atoms with E-state index in [1.807, 2.05) is 27.7 Å². The third kappa shape index (κ3) is 2.80. The van der Waals surface area contributed by atoms with Gasteiger partial charge in [0.2, 0.25) is 0 Å². The molecule has 0 atom stereocenters. The normalized spacial score (nSPS) is 14.5. The molecule has 6 heteroatoms. The quantitative estimate of drug-likeness (QED) is 0.732. The van der Waals surface area contributed by atoms with Gasteiger partial charge in [-0.05, 0) is 38.1 Å². The molecule has 0 N–H and O–H groups in total. The molecule has 6 nitrogen and oxygen atoms in total. The third-order valence-corrected chi connectivity index (χ3v) is 4.70. The second kappa shape index (κ2) is 8.33. The van der Waals surface area contributed by atoms with Crippen LogP contribution in [-0.4, -0.2) is 46.5 Å². The summed E-state index contributed by atoms with van der Waals surface area (Å²) < 4.78 is 0. The summed E-state index contributed by atoms with van der Waals surface area (Å²) in [5.74, 6) is -1.57. The summed E-state index contributed by atoms with van der Waals surface area (Å²) in [5, 5.41) is 0.837. The lowest BCUT2D eigenvalue weighted by molar-refractivity contribution is 0.0597. The molecule has 0 fully saturated rings. The number of carbonyl (C=O) groups is 4. The number of rotatable bonds is 2. The van der Waals surface area contributed by atoms with Crippen LogP contribution in [0.1, 0.15) is 83.0 Å². The highest BCUT2D eigenvalue weighted by atomic mass is 16.2. The van der Waals surface area contributed by atoms with Gasteiger partial charge in [0.25, 0.3) is 23.6 Å². The van der Waals surface area contributed by atoms with Crippen molar-refractivity contribution in [3.05, 3.63) is 46.5 Å². The Bertz CT molecular complexity index is 829. The molecule has 0 aromatic heterocycles. The van der Waals surface area contributed by atoms with Crippen LogP contribution in [0.15, 0.2) is 24.3 Å². The highest BCUT2D eigenvalue weighted by Crippen LogP contribution is 2.37. The van der Waals surface area contributed by atoms with Crippen LogP contribution < -0.4 is 0 Å². The smallest absolute Gasteiger partial charge is 0.261 e. The Kier molecular flexibility index (Phi) is 6.33. The van der Waals surface area contributed by atoms with E-state index < -0.39 is 23.6 Å². The van der Waals surface area contributed by atoms with Crippen LogP contribution in [0.4, 0.5) is 0 Å². The maximum absolute atomic E-state index is 12.6. The topological polar surface area (TPSA) is 74.8 Å². The maximum Gasteiger partial charge on any atom is 0.261 e. The van der Waals surface area contributed by atoms with Crippen molar-refractivity contribution in [1.29, 1.82) is 0 Å². The van der Waals surface area contributed by atoms with Gasteiger partial charge in [-0.25, -0.2) is 0 Å². The molecule has 4 rings (SSSR count). The van der Waals surface area contributed by atoms with E-state index in [0.29, 0.717) is 33.0 Å². The molecular weight excluding hydrogens is 356 g/mol. The van der Waals surface area contributed by atoms with E-state index in [9.17, 15) is 19.2 Å². The Labute approximate surface area is 165 Å². The molecule has 28 heavy (non-hydrogen) atoms. The maximum atomic E-state index is 12.6. The average Bonchev–Trinajstić information content (AvgIpc) is 2.74. The van der Waals surface area contributed by atoms with Crippen molar-refractivity contribution in [2.24, 2.45) is 0 Å². The van der Waals surface area contributed by atoms with Gasteiger partial charge in [-0.3, -0.25) is 29.0 Å². The van der Waals surface area contributed by atoms with Crippen LogP contribution in [-0.2, 0) is 0 Å². The Hall–Kier alpha value is -3.02. The summed E-state index contributed by atoms with van der Waals surface area (Å²) in [7, 11) is 0. The van der Waals surface area contributed by atoms with Gasteiger partial charge >= 0.3 is 0 Å². The van der Waals surface area contributed by atoms with Gasteiger partial charge in [-0.15, -0.1) is 0 Å². The first-order valence-electron chi connectivity index (χ1n) is 9.83. The molecule has 0 saturated carbocycles. The first kappa shape index (κ1) is 21.3. The van der Waals surface area contributed by atoms with Crippen LogP contribution in [0.3, 0.4) is 0 Å². The van der Waals surface area contributed by atoms with E-state index in [1.54, 1.807) is 38.1 Å². The summed E-state index contributed by atoms with van der Waals surface area (Å²) >= 11 is 0. The van der Waals surface area contributed by atoms with Gasteiger partial charge in [0, 0.05) is 46.1 Å². The zero-order valence-corrected chi connectivity index (χ0v) is 17.3. The van der Waals surface area contributed by atoms with Crippen LogP contribution in [0.25, 0.3) is 10.8 Å². The second-order valence-corrected chi connectivity index (χ2v) is 5.78. The standard InChI is InChI=1S/C18H14N2O4.2C2H6/c1-3-19-15(21)9-5-7-11-14-12(18(24)20(4-2)17(11)23)8-6-10(13(9)14)16(19)22;2*1-2/h5-8H,3-4H2,1-2H3;2*1-2H3. The fourth-order valence-corrected chi connectivity index (χ4v) is 3.55. The zero-order chi connectivity index (χ0) is 21.2. The number of hydrogen-bond acceptors (Lipinski definition) is 4. The zero-order valence-electron chi connectivity index (χ0n) is 17.3. The monoisotopic (exact) mass is 382 g/mol. The lowest BCUT2D eigenvalue weighted by Gasteiger charge is -2.31. The molecule has 148 valence electrons. The van der Waals surface area contributed by atoms with E-state index in [-0.39, 0.29) is 13.1 Å². The highest BCUT2D eigenvalue weighted by Gasteiger charge is 2.38. The van der Waals surface area contributed by atoms with E-state index in [0.717, 1.165) is 0 Å². The Balaban J connectivity index is 0.000000660. The minimum absolute atomic E-state index is 0.267. The van der Waals surface area contributed by atoms with Gasteiger partial charge < -0.3 is 0 Å². The molecule has 2 aromatic rings. The predicted octanol–water partition coefficient (Wildman–Crippen LogP) is 4.12. The second-order valence-electron chi connectivity index (χ2n) is 5.78. The van der Waals surface area contributed by atoms with Gasteiger partial charge in [-0.1, -0.05) is 27.7 Å². The van der Waals surface area contributed by atoms with Crippen LogP contribution >= 0.6 is 0 Å². The largest absolute Gasteiger partial charge is 0.275 e. The average molecular weight is 382 g/mol. The van der Waals surface area contributed by atoms with E-state index in [4.69, 9.17) is 0 Å². The molecular formula is C22H26N2O4. The number of benzene rings is 2. The first-order chi connectivity index (χ1) is 13.5. The van der Waals surface area contributed by atoms with Crippen molar-refractivity contribution in [3.63, 3.8) is 0 Å². The predicted molar refractivity (Wildman–Crippen MR) is 109 cm³/mol. The van der Waals surface area contributed by atoms with Crippen molar-refractivity contribution in [2.45, 2.75) is 41.5 Å². The molecule has 2 aliphatic rings. The lowest BCUT2D eigenvalue weighted by Crippen LogP contribution is -2.43. The number of carbonyl (C=O) groups excluding carboxylic acids is 4. The van der Waals surface area contributed by atoms with Crippen molar-refractivity contribution >= 4 is 34.4 Å². The number of imide groups is 2. The number of amides is 4. The molecule has 0 bridgehead atoms. The van der Waals surface area contributed by atoms with Gasteiger partial charge in [0.05, 0.1) is 0 Å². The molecule has 0 radical (unpaired) electrons. The summed E-state index contributed by atoms with van der Waals surface area (Å²) in [4.78, 5) is 52.7. The molecule has 0 unspecified atom stereocenters. The Morgan fingerprint density at radius 3 is 0.929 bits per heavy atom. The molecule has 0 saturated heterocycles. The Morgan fingerprint density at radius 1 is 0.536 bits per heavy atom. The van der Waals surface area contributed by atoms with E-state index in [1.165, 1.54) is 9.80 Å². The lowest BCUT2D eigenvalue weighted by atomic mass is 9.86. The molecule has 2 heterocycles. The van der Waals surface area contributed by atoms with Crippen LogP contribution in [0.2, 0.25) is 0 Å². The fourth-order valence-electron chi connectivity index (χ4n) is 3.55. The minimum Gasteiger partial charge on any atom is -0.275 e. The number of hydrogen-bond donors (Lipinski definition) is 0. The van der Waals surface area contributed by atoms with Crippen LogP contribution in [0, 0.1) is 0 Å². The summed E-state index contributed by atoms with van der Waals surface area (Å²) in [6.45, 7) is 12.0. The molecule has 2 aromatic carbocycles. The summed E-state index contributed by atoms with van der Waals surface area (Å²) in [6.07, 6.45) is 0. The molecule has 2 aliphatic heterocycles. The van der Waals surface area contributed by atoms with Crippen molar-refractivity contribution in [1.82, 2.24) is 9.80 Å². The minimum atomic E-state index is -0.392. The highest BCUT2D eigenvalue weighted by molar-refractivity contribution is 6.33. The molecule has 4 amide bonds. The third-order valence-electron chi connectivity index (χ3n) is 4.70. The van der Waals surface area contributed by atoms with Crippen molar-refractivity contribution < 1.29 is 19.2 Å². The number of nitrogens with zero attached hydrogens (tertiary/aromatic N) is 2. The SMILES string of the molecule is CC.CC.CCN1C(=O)c2ccc3c4c(ccc(c24)C1=O)C(=O)N(CC)C3=O. The molecule has 0 aliphatic carbocycles. The van der Waals surface area contributed by atoms with Crippen LogP contribution in [0.5, 0.6) is 0 Å². The van der Waals surface area contributed by atoms with Crippen molar-refractivity contribution in [3.8, 4) is 0 Å². The van der Waals surface area contributed by atoms with Gasteiger partial charge in [-0.2, -0.15) is 0 Å².